The Bertz CT molecular complexity index is 1060. The molecule has 1 fully saturated rings. The van der Waals surface area contributed by atoms with Crippen LogP contribution in [0.3, 0.4) is 0 Å². The second-order valence-corrected chi connectivity index (χ2v) is 7.35. The van der Waals surface area contributed by atoms with Crippen LogP contribution in [0.2, 0.25) is 0 Å². The van der Waals surface area contributed by atoms with E-state index in [0.29, 0.717) is 5.65 Å². The van der Waals surface area contributed by atoms with Gasteiger partial charge in [-0.05, 0) is 56.4 Å². The molecule has 2 heterocycles. The Morgan fingerprint density at radius 2 is 2.04 bits per heavy atom. The van der Waals surface area contributed by atoms with E-state index in [4.69, 9.17) is 4.74 Å². The van der Waals surface area contributed by atoms with Gasteiger partial charge < -0.3 is 10.1 Å². The molecule has 1 aliphatic carbocycles. The van der Waals surface area contributed by atoms with Crippen LogP contribution in [0, 0.1) is 12.8 Å². The quantitative estimate of drug-likeness (QED) is 0.726. The fraction of sp³-hybridized carbons (Fsp3) is 0.381. The summed E-state index contributed by atoms with van der Waals surface area (Å²) < 4.78 is 7.12. The number of aromatic nitrogens is 3. The number of rotatable bonds is 4. The number of hydrogen-bond acceptors (Lipinski definition) is 4. The van der Waals surface area contributed by atoms with E-state index in [9.17, 15) is 9.59 Å². The van der Waals surface area contributed by atoms with Crippen molar-refractivity contribution >= 4 is 22.8 Å². The number of aryl methyl sites for hydroxylation is 1. The molecule has 2 N–H and O–H groups in total. The van der Waals surface area contributed by atoms with Gasteiger partial charge in [0, 0.05) is 29.9 Å². The summed E-state index contributed by atoms with van der Waals surface area (Å²) in [7, 11) is 1.62. The molecule has 146 valence electrons. The van der Waals surface area contributed by atoms with E-state index in [2.05, 4.69) is 15.3 Å². The highest BCUT2D eigenvalue weighted by molar-refractivity contribution is 5.92. The summed E-state index contributed by atoms with van der Waals surface area (Å²) in [5, 5.41) is 3.00. The largest absolute Gasteiger partial charge is 0.496 e. The molecule has 0 aliphatic heterocycles. The van der Waals surface area contributed by atoms with E-state index in [-0.39, 0.29) is 23.6 Å². The lowest BCUT2D eigenvalue weighted by molar-refractivity contribution is -0.121. The van der Waals surface area contributed by atoms with E-state index >= 15 is 0 Å². The van der Waals surface area contributed by atoms with Crippen LogP contribution in [-0.4, -0.2) is 27.6 Å². The van der Waals surface area contributed by atoms with E-state index in [1.807, 2.05) is 37.3 Å². The van der Waals surface area contributed by atoms with Gasteiger partial charge in [0.1, 0.15) is 5.75 Å². The number of nitrogens with one attached hydrogen (secondary N) is 2. The summed E-state index contributed by atoms with van der Waals surface area (Å²) in [6.45, 7) is 1.97. The van der Waals surface area contributed by atoms with Crippen LogP contribution in [0.15, 0.2) is 41.3 Å². The molecule has 7 nitrogen and oxygen atoms in total. The van der Waals surface area contributed by atoms with Crippen molar-refractivity contribution in [3.8, 4) is 5.75 Å². The Morgan fingerprint density at radius 1 is 1.25 bits per heavy atom. The van der Waals surface area contributed by atoms with Crippen LogP contribution in [0.4, 0.5) is 5.69 Å². The molecule has 0 spiro atoms. The van der Waals surface area contributed by atoms with Crippen LogP contribution in [0.5, 0.6) is 5.75 Å². The monoisotopic (exact) mass is 380 g/mol. The molecule has 7 heteroatoms. The minimum atomic E-state index is -0.131. The lowest BCUT2D eigenvalue weighted by Gasteiger charge is -2.28. The number of pyridine rings is 1. The molecule has 0 bridgehead atoms. The first-order chi connectivity index (χ1) is 13.6. The van der Waals surface area contributed by atoms with Gasteiger partial charge in [-0.2, -0.15) is 0 Å². The number of carbonyl (C=O) groups is 1. The van der Waals surface area contributed by atoms with Gasteiger partial charge in [0.2, 0.25) is 5.91 Å². The Morgan fingerprint density at radius 3 is 2.79 bits per heavy atom. The summed E-state index contributed by atoms with van der Waals surface area (Å²) in [5.74, 6) is 0.730. The normalized spacial score (nSPS) is 19.5. The van der Waals surface area contributed by atoms with E-state index in [0.717, 1.165) is 48.2 Å². The molecule has 2 aromatic heterocycles. The van der Waals surface area contributed by atoms with Crippen molar-refractivity contribution in [1.82, 2.24) is 14.5 Å². The smallest absolute Gasteiger partial charge is 0.327 e. The SMILES string of the molecule is COc1cc(NC(=O)C2CCC(n3c(=O)[nH]c4ncccc43)CC2)ccc1C. The minimum absolute atomic E-state index is 0.0253. The van der Waals surface area contributed by atoms with Crippen molar-refractivity contribution in [3.05, 3.63) is 52.6 Å². The van der Waals surface area contributed by atoms with E-state index in [1.54, 1.807) is 17.9 Å². The number of hydrogen-bond donors (Lipinski definition) is 2. The summed E-state index contributed by atoms with van der Waals surface area (Å²) in [6.07, 6.45) is 4.75. The van der Waals surface area contributed by atoms with Crippen molar-refractivity contribution in [2.75, 3.05) is 12.4 Å². The molecule has 28 heavy (non-hydrogen) atoms. The fourth-order valence-electron chi connectivity index (χ4n) is 4.06. The number of fused-ring (bicyclic) bond motifs is 1. The van der Waals surface area contributed by atoms with Crippen molar-refractivity contribution in [1.29, 1.82) is 0 Å². The molecule has 1 aromatic carbocycles. The summed E-state index contributed by atoms with van der Waals surface area (Å²) >= 11 is 0. The highest BCUT2D eigenvalue weighted by atomic mass is 16.5. The van der Waals surface area contributed by atoms with Crippen molar-refractivity contribution < 1.29 is 9.53 Å². The Kier molecular flexibility index (Phi) is 4.90. The number of amides is 1. The average molecular weight is 380 g/mol. The number of imidazole rings is 1. The standard InChI is InChI=1S/C21H24N4O3/c1-13-5-8-15(12-18(13)28-2)23-20(26)14-6-9-16(10-7-14)25-17-4-3-11-22-19(17)24-21(25)27/h3-5,8,11-12,14,16H,6-7,9-10H2,1-2H3,(H,23,26)(H,22,24,27). The number of benzene rings is 1. The highest BCUT2D eigenvalue weighted by Gasteiger charge is 2.29. The number of H-pyrrole nitrogens is 1. The Balaban J connectivity index is 1.43. The summed E-state index contributed by atoms with van der Waals surface area (Å²) in [5.41, 5.74) is 3.08. The van der Waals surface area contributed by atoms with Gasteiger partial charge in [0.15, 0.2) is 5.65 Å². The highest BCUT2D eigenvalue weighted by Crippen LogP contribution is 2.33. The molecular formula is C21H24N4O3. The third-order valence-electron chi connectivity index (χ3n) is 5.60. The zero-order chi connectivity index (χ0) is 19.7. The zero-order valence-electron chi connectivity index (χ0n) is 16.1. The number of nitrogens with zero attached hydrogens (tertiary/aromatic N) is 2. The molecule has 1 aliphatic rings. The van der Waals surface area contributed by atoms with Gasteiger partial charge in [-0.25, -0.2) is 9.78 Å². The molecule has 0 atom stereocenters. The van der Waals surface area contributed by atoms with Gasteiger partial charge in [-0.1, -0.05) is 6.07 Å². The van der Waals surface area contributed by atoms with Crippen molar-refractivity contribution in [2.45, 2.75) is 38.6 Å². The Labute approximate surface area is 162 Å². The number of anilines is 1. The van der Waals surface area contributed by atoms with Crippen LogP contribution in [0.1, 0.15) is 37.3 Å². The van der Waals surface area contributed by atoms with Crippen LogP contribution < -0.4 is 15.7 Å². The van der Waals surface area contributed by atoms with Gasteiger partial charge in [0.25, 0.3) is 0 Å². The molecule has 1 amide bonds. The summed E-state index contributed by atoms with van der Waals surface area (Å²) in [4.78, 5) is 32.1. The number of methoxy groups -OCH3 is 1. The predicted octanol–water partition coefficient (Wildman–Crippen LogP) is 3.41. The zero-order valence-corrected chi connectivity index (χ0v) is 16.1. The lowest BCUT2D eigenvalue weighted by Crippen LogP contribution is -2.31. The molecule has 1 saturated carbocycles. The molecule has 3 aromatic rings. The number of aromatic amines is 1. The van der Waals surface area contributed by atoms with Crippen LogP contribution in [-0.2, 0) is 4.79 Å². The van der Waals surface area contributed by atoms with E-state index in [1.165, 1.54) is 0 Å². The first-order valence-electron chi connectivity index (χ1n) is 9.57. The number of ether oxygens (including phenoxy) is 1. The van der Waals surface area contributed by atoms with Crippen LogP contribution >= 0.6 is 0 Å². The van der Waals surface area contributed by atoms with Gasteiger partial charge >= 0.3 is 5.69 Å². The first-order valence-corrected chi connectivity index (χ1v) is 9.57. The second-order valence-electron chi connectivity index (χ2n) is 7.35. The van der Waals surface area contributed by atoms with E-state index < -0.39 is 0 Å². The third-order valence-corrected chi connectivity index (χ3v) is 5.60. The topological polar surface area (TPSA) is 89.0 Å². The second kappa shape index (κ2) is 7.50. The third kappa shape index (κ3) is 3.40. The molecule has 0 unspecified atom stereocenters. The minimum Gasteiger partial charge on any atom is -0.496 e. The van der Waals surface area contributed by atoms with Gasteiger partial charge in [-0.3, -0.25) is 14.3 Å². The van der Waals surface area contributed by atoms with Crippen molar-refractivity contribution in [3.63, 3.8) is 0 Å². The maximum Gasteiger partial charge on any atom is 0.327 e. The molecule has 4 rings (SSSR count). The molecular weight excluding hydrogens is 356 g/mol. The van der Waals surface area contributed by atoms with Gasteiger partial charge in [0.05, 0.1) is 12.6 Å². The lowest BCUT2D eigenvalue weighted by atomic mass is 9.85. The Hall–Kier alpha value is -3.09. The molecule has 0 radical (unpaired) electrons. The fourth-order valence-corrected chi connectivity index (χ4v) is 4.06. The molecule has 0 saturated heterocycles. The number of carbonyl (C=O) groups excluding carboxylic acids is 1. The average Bonchev–Trinajstić information content (AvgIpc) is 3.05. The predicted molar refractivity (Wildman–Crippen MR) is 108 cm³/mol. The van der Waals surface area contributed by atoms with Gasteiger partial charge in [-0.15, -0.1) is 0 Å². The maximum absolute atomic E-state index is 12.7. The van der Waals surface area contributed by atoms with Crippen LogP contribution in [0.25, 0.3) is 11.2 Å². The first kappa shape index (κ1) is 18.3. The maximum atomic E-state index is 12.7. The van der Waals surface area contributed by atoms with Crippen molar-refractivity contribution in [2.24, 2.45) is 5.92 Å². The summed E-state index contributed by atoms with van der Waals surface area (Å²) in [6, 6.07) is 9.50.